The fourth-order valence-electron chi connectivity index (χ4n) is 2.31. The molecule has 1 amide bonds. The third-order valence-corrected chi connectivity index (χ3v) is 3.40. The predicted molar refractivity (Wildman–Crippen MR) is 90.7 cm³/mol. The van der Waals surface area contributed by atoms with Crippen molar-refractivity contribution in [3.05, 3.63) is 34.5 Å². The number of aryl methyl sites for hydroxylation is 2. The van der Waals surface area contributed by atoms with Crippen molar-refractivity contribution in [3.8, 4) is 0 Å². The second-order valence-corrected chi connectivity index (χ2v) is 5.26. The van der Waals surface area contributed by atoms with Gasteiger partial charge in [-0.05, 0) is 37.5 Å². The van der Waals surface area contributed by atoms with Crippen molar-refractivity contribution >= 4 is 29.2 Å². The number of nitrogens with one attached hydrogen (secondary N) is 2. The van der Waals surface area contributed by atoms with Crippen LogP contribution in [0.15, 0.2) is 17.8 Å². The van der Waals surface area contributed by atoms with Crippen LogP contribution in [0.5, 0.6) is 0 Å². The van der Waals surface area contributed by atoms with Crippen molar-refractivity contribution in [2.75, 3.05) is 24.9 Å². The Kier molecular flexibility index (Phi) is 6.52. The summed E-state index contributed by atoms with van der Waals surface area (Å²) in [6, 6.07) is 1.87. The summed E-state index contributed by atoms with van der Waals surface area (Å²) in [7, 11) is 2.43. The second kappa shape index (κ2) is 8.14. The first-order chi connectivity index (χ1) is 11.2. The van der Waals surface area contributed by atoms with E-state index in [9.17, 15) is 14.4 Å². The lowest BCUT2D eigenvalue weighted by atomic mass is 10.0. The summed E-state index contributed by atoms with van der Waals surface area (Å²) >= 11 is 0. The van der Waals surface area contributed by atoms with Gasteiger partial charge in [-0.15, -0.1) is 0 Å². The van der Waals surface area contributed by atoms with Crippen molar-refractivity contribution in [3.63, 3.8) is 0 Å². The number of hydrogen-bond donors (Lipinski definition) is 2. The highest BCUT2D eigenvalue weighted by molar-refractivity contribution is 6.00. The van der Waals surface area contributed by atoms with Gasteiger partial charge in [0.05, 0.1) is 20.3 Å². The molecule has 1 aromatic carbocycles. The summed E-state index contributed by atoms with van der Waals surface area (Å²) in [6.45, 7) is 6.96. The van der Waals surface area contributed by atoms with Gasteiger partial charge in [0.15, 0.2) is 0 Å². The van der Waals surface area contributed by atoms with Gasteiger partial charge in [0.25, 0.3) is 0 Å². The zero-order valence-electron chi connectivity index (χ0n) is 14.7. The van der Waals surface area contributed by atoms with Crippen LogP contribution in [0.3, 0.4) is 0 Å². The highest BCUT2D eigenvalue weighted by atomic mass is 16.5. The van der Waals surface area contributed by atoms with Crippen LogP contribution < -0.4 is 10.6 Å². The highest BCUT2D eigenvalue weighted by Gasteiger charge is 2.18. The topological polar surface area (TPSA) is 93.7 Å². The fourth-order valence-corrected chi connectivity index (χ4v) is 2.31. The van der Waals surface area contributed by atoms with E-state index in [1.807, 2.05) is 19.9 Å². The first-order valence-electron chi connectivity index (χ1n) is 7.24. The maximum Gasteiger partial charge on any atom is 0.354 e. The number of benzene rings is 1. The van der Waals surface area contributed by atoms with E-state index in [4.69, 9.17) is 0 Å². The molecule has 0 heterocycles. The summed E-state index contributed by atoms with van der Waals surface area (Å²) < 4.78 is 9.23. The lowest BCUT2D eigenvalue weighted by Gasteiger charge is -2.19. The van der Waals surface area contributed by atoms with E-state index in [0.717, 1.165) is 22.8 Å². The molecule has 0 radical (unpaired) electrons. The molecule has 0 saturated carbocycles. The molecule has 130 valence electrons. The molecule has 0 aliphatic rings. The smallest absolute Gasteiger partial charge is 0.354 e. The van der Waals surface area contributed by atoms with E-state index in [2.05, 4.69) is 20.1 Å². The molecule has 0 fully saturated rings. The number of esters is 2. The third kappa shape index (κ3) is 4.58. The Balaban J connectivity index is 3.38. The molecule has 0 saturated heterocycles. The minimum Gasteiger partial charge on any atom is -0.466 e. The average molecular weight is 334 g/mol. The lowest BCUT2D eigenvalue weighted by Crippen LogP contribution is -2.17. The Morgan fingerprint density at radius 1 is 0.958 bits per heavy atom. The number of rotatable bonds is 5. The largest absolute Gasteiger partial charge is 0.466 e. The molecule has 0 unspecified atom stereocenters. The molecule has 7 heteroatoms. The Hall–Kier alpha value is -2.83. The summed E-state index contributed by atoms with van der Waals surface area (Å²) in [5.74, 6) is -1.59. The molecule has 0 spiro atoms. The van der Waals surface area contributed by atoms with E-state index >= 15 is 0 Å². The van der Waals surface area contributed by atoms with Crippen LogP contribution in [0.25, 0.3) is 0 Å². The van der Waals surface area contributed by atoms with Crippen LogP contribution in [0.1, 0.15) is 23.6 Å². The van der Waals surface area contributed by atoms with E-state index < -0.39 is 11.9 Å². The standard InChI is InChI=1S/C17H22N2O5/c1-9-7-10(2)16(11(3)15(9)18-12(4)20)19-13(17(22)24-6)8-14(21)23-5/h7-8,19H,1-6H3,(H,18,20)/b13-8+. The molecule has 0 atom stereocenters. The van der Waals surface area contributed by atoms with Crippen LogP contribution in [0.2, 0.25) is 0 Å². The van der Waals surface area contributed by atoms with Crippen molar-refractivity contribution in [1.29, 1.82) is 0 Å². The maximum absolute atomic E-state index is 11.9. The molecule has 7 nitrogen and oxygen atoms in total. The predicted octanol–water partition coefficient (Wildman–Crippen LogP) is 2.21. The van der Waals surface area contributed by atoms with Crippen LogP contribution in [-0.4, -0.2) is 32.1 Å². The number of carbonyl (C=O) groups is 3. The van der Waals surface area contributed by atoms with Gasteiger partial charge in [-0.1, -0.05) is 6.07 Å². The molecule has 24 heavy (non-hydrogen) atoms. The number of amides is 1. The van der Waals surface area contributed by atoms with Crippen LogP contribution in [0.4, 0.5) is 11.4 Å². The normalized spacial score (nSPS) is 10.8. The molecule has 1 rings (SSSR count). The summed E-state index contributed by atoms with van der Waals surface area (Å²) in [5, 5.41) is 5.68. The summed E-state index contributed by atoms with van der Waals surface area (Å²) in [5.41, 5.74) is 3.67. The first kappa shape index (κ1) is 19.2. The Labute approximate surface area is 141 Å². The molecule has 1 aromatic rings. The van der Waals surface area contributed by atoms with Gasteiger partial charge in [-0.3, -0.25) is 4.79 Å². The molecular formula is C17H22N2O5. The van der Waals surface area contributed by atoms with Gasteiger partial charge >= 0.3 is 11.9 Å². The lowest BCUT2D eigenvalue weighted by molar-refractivity contribution is -0.138. The summed E-state index contributed by atoms with van der Waals surface area (Å²) in [4.78, 5) is 34.8. The van der Waals surface area contributed by atoms with Crippen LogP contribution in [-0.2, 0) is 23.9 Å². The molecule has 0 aromatic heterocycles. The zero-order chi connectivity index (χ0) is 18.4. The number of hydrogen-bond acceptors (Lipinski definition) is 6. The maximum atomic E-state index is 11.9. The van der Waals surface area contributed by atoms with Gasteiger partial charge in [-0.25, -0.2) is 9.59 Å². The average Bonchev–Trinajstić information content (AvgIpc) is 2.52. The molecule has 0 aliphatic carbocycles. The van der Waals surface area contributed by atoms with Gasteiger partial charge in [0.1, 0.15) is 5.70 Å². The van der Waals surface area contributed by atoms with E-state index in [1.165, 1.54) is 21.1 Å². The number of ether oxygens (including phenoxy) is 2. The molecule has 0 aliphatic heterocycles. The Morgan fingerprint density at radius 3 is 1.96 bits per heavy atom. The zero-order valence-corrected chi connectivity index (χ0v) is 14.7. The number of carbonyl (C=O) groups excluding carboxylic acids is 3. The van der Waals surface area contributed by atoms with Crippen LogP contribution in [0, 0.1) is 20.8 Å². The Morgan fingerprint density at radius 2 is 1.50 bits per heavy atom. The van der Waals surface area contributed by atoms with E-state index in [0.29, 0.717) is 11.4 Å². The quantitative estimate of drug-likeness (QED) is 0.633. The molecule has 2 N–H and O–H groups in total. The molecule has 0 bridgehead atoms. The minimum atomic E-state index is -0.708. The monoisotopic (exact) mass is 334 g/mol. The molecular weight excluding hydrogens is 312 g/mol. The third-order valence-electron chi connectivity index (χ3n) is 3.40. The summed E-state index contributed by atoms with van der Waals surface area (Å²) in [6.07, 6.45) is 1.02. The van der Waals surface area contributed by atoms with Crippen molar-refractivity contribution in [2.24, 2.45) is 0 Å². The van der Waals surface area contributed by atoms with Gasteiger partial charge in [0.2, 0.25) is 5.91 Å². The van der Waals surface area contributed by atoms with E-state index in [1.54, 1.807) is 6.92 Å². The van der Waals surface area contributed by atoms with Crippen molar-refractivity contribution in [1.82, 2.24) is 0 Å². The number of anilines is 2. The van der Waals surface area contributed by atoms with Crippen molar-refractivity contribution in [2.45, 2.75) is 27.7 Å². The van der Waals surface area contributed by atoms with Gasteiger partial charge in [-0.2, -0.15) is 0 Å². The SMILES string of the molecule is COC(=O)/C=C(/Nc1c(C)cc(C)c(NC(C)=O)c1C)C(=O)OC. The van der Waals surface area contributed by atoms with Gasteiger partial charge in [0, 0.05) is 18.3 Å². The minimum absolute atomic E-state index is 0.0619. The Bertz CT molecular complexity index is 707. The number of methoxy groups -OCH3 is 2. The van der Waals surface area contributed by atoms with E-state index in [-0.39, 0.29) is 11.6 Å². The van der Waals surface area contributed by atoms with Crippen molar-refractivity contribution < 1.29 is 23.9 Å². The van der Waals surface area contributed by atoms with Gasteiger partial charge < -0.3 is 20.1 Å². The fraction of sp³-hybridized carbons (Fsp3) is 0.353. The second-order valence-electron chi connectivity index (χ2n) is 5.26. The highest BCUT2D eigenvalue weighted by Crippen LogP contribution is 2.32. The van der Waals surface area contributed by atoms with Crippen LogP contribution >= 0.6 is 0 Å². The first-order valence-corrected chi connectivity index (χ1v) is 7.24.